The zero-order valence-corrected chi connectivity index (χ0v) is 28.6. The highest BCUT2D eigenvalue weighted by atomic mass is 127. The molecule has 3 N–H and O–H groups in total. The average Bonchev–Trinajstić information content (AvgIpc) is 3.73. The van der Waals surface area contributed by atoms with Crippen LogP contribution in [0.1, 0.15) is 79.9 Å². The molecular weight excluding hydrogens is 695 g/mol. The van der Waals surface area contributed by atoms with Gasteiger partial charge in [-0.05, 0) is 109 Å². The molecule has 2 atom stereocenters. The van der Waals surface area contributed by atoms with Crippen molar-refractivity contribution in [3.05, 3.63) is 69.5 Å². The van der Waals surface area contributed by atoms with Crippen LogP contribution in [-0.2, 0) is 14.3 Å². The molecule has 3 aromatic rings. The maximum absolute atomic E-state index is 13.4. The summed E-state index contributed by atoms with van der Waals surface area (Å²) < 4.78 is 12.4. The first kappa shape index (κ1) is 33.0. The van der Waals surface area contributed by atoms with Gasteiger partial charge in [0.2, 0.25) is 11.8 Å². The number of nitrogens with zero attached hydrogens (tertiary/aromatic N) is 1. The summed E-state index contributed by atoms with van der Waals surface area (Å²) in [6.45, 7) is 4.71. The van der Waals surface area contributed by atoms with Crippen molar-refractivity contribution in [2.45, 2.75) is 69.4 Å². The van der Waals surface area contributed by atoms with Crippen LogP contribution in [0.25, 0.3) is 11.0 Å². The molecule has 3 fully saturated rings. The van der Waals surface area contributed by atoms with E-state index in [9.17, 15) is 14.4 Å². The molecule has 3 aliphatic rings. The summed E-state index contributed by atoms with van der Waals surface area (Å²) in [5, 5.41) is 9.90. The Hall–Kier alpha value is -2.96. The van der Waals surface area contributed by atoms with Gasteiger partial charge in [0, 0.05) is 54.3 Å². The van der Waals surface area contributed by atoms with E-state index in [1.54, 1.807) is 6.07 Å². The van der Waals surface area contributed by atoms with Crippen molar-refractivity contribution in [1.29, 1.82) is 0 Å². The van der Waals surface area contributed by atoms with Crippen LogP contribution in [0.4, 0.5) is 0 Å². The molecule has 2 aromatic carbocycles. The second-order valence-electron chi connectivity index (χ2n) is 13.2. The molecule has 1 aromatic heterocycles. The van der Waals surface area contributed by atoms with Crippen LogP contribution in [0, 0.1) is 15.4 Å². The van der Waals surface area contributed by atoms with E-state index < -0.39 is 11.4 Å². The molecule has 2 aliphatic heterocycles. The smallest absolute Gasteiger partial charge is 0.287 e. The van der Waals surface area contributed by atoms with Crippen LogP contribution in [0.15, 0.2) is 59.0 Å². The van der Waals surface area contributed by atoms with E-state index in [1.165, 1.54) is 5.56 Å². The van der Waals surface area contributed by atoms with E-state index >= 15 is 0 Å². The quantitative estimate of drug-likeness (QED) is 0.222. The van der Waals surface area contributed by atoms with Crippen LogP contribution in [-0.4, -0.2) is 67.6 Å². The molecule has 3 heterocycles. The van der Waals surface area contributed by atoms with Crippen molar-refractivity contribution >= 4 is 51.3 Å². The second-order valence-corrected chi connectivity index (χ2v) is 14.5. The molecule has 1 saturated carbocycles. The lowest BCUT2D eigenvalue weighted by molar-refractivity contribution is -0.127. The third-order valence-electron chi connectivity index (χ3n) is 10.0. The zero-order chi connectivity index (χ0) is 31.9. The van der Waals surface area contributed by atoms with Crippen LogP contribution in [0.5, 0.6) is 0 Å². The summed E-state index contributed by atoms with van der Waals surface area (Å²) in [6, 6.07) is 18.5. The van der Waals surface area contributed by atoms with Crippen LogP contribution < -0.4 is 16.0 Å². The van der Waals surface area contributed by atoms with Crippen LogP contribution in [0.2, 0.25) is 0 Å². The monoisotopic (exact) mass is 740 g/mol. The molecule has 2 unspecified atom stereocenters. The topological polar surface area (TPSA) is 113 Å². The number of hydrogen-bond donors (Lipinski definition) is 3. The summed E-state index contributed by atoms with van der Waals surface area (Å²) in [5.41, 5.74) is 0.986. The minimum Gasteiger partial charge on any atom is -0.451 e. The first-order valence-corrected chi connectivity index (χ1v) is 17.9. The largest absolute Gasteiger partial charge is 0.451 e. The van der Waals surface area contributed by atoms with Crippen molar-refractivity contribution in [3.8, 4) is 0 Å². The Balaban J connectivity index is 0.974. The number of halogens is 1. The molecule has 9 nitrogen and oxygen atoms in total. The molecule has 10 heteroatoms. The fourth-order valence-corrected chi connectivity index (χ4v) is 7.89. The maximum atomic E-state index is 13.4. The van der Waals surface area contributed by atoms with Gasteiger partial charge in [-0.25, -0.2) is 0 Å². The number of piperidine rings is 1. The Kier molecular flexibility index (Phi) is 11.0. The van der Waals surface area contributed by atoms with Crippen LogP contribution >= 0.6 is 22.6 Å². The molecule has 6 rings (SSSR count). The van der Waals surface area contributed by atoms with Gasteiger partial charge in [0.15, 0.2) is 5.76 Å². The molecule has 0 spiro atoms. The number of rotatable bonds is 11. The standard InChI is InChI=1S/C36H45IN4O5/c37-29-8-9-31-28(21-29)22-32(46-31)34(43)40-36(14-4-5-15-36)35(44)38-16-10-33(42)39-23-26-11-17-41(24-25-12-18-45-19-13-25)30(20-26)27-6-2-1-3-7-27/h1-3,6-9,21-22,25-26,30H,4-5,10-20,23-24H2,(H,38,44)(H,39,42)(H,40,43). The van der Waals surface area contributed by atoms with Gasteiger partial charge in [0.25, 0.3) is 5.91 Å². The van der Waals surface area contributed by atoms with Crippen molar-refractivity contribution in [1.82, 2.24) is 20.9 Å². The summed E-state index contributed by atoms with van der Waals surface area (Å²) >= 11 is 2.22. The molecule has 0 bridgehead atoms. The minimum atomic E-state index is -0.994. The lowest BCUT2D eigenvalue weighted by Gasteiger charge is -2.42. The Morgan fingerprint density at radius 3 is 2.50 bits per heavy atom. The van der Waals surface area contributed by atoms with Gasteiger partial charge >= 0.3 is 0 Å². The predicted molar refractivity (Wildman–Crippen MR) is 185 cm³/mol. The summed E-state index contributed by atoms with van der Waals surface area (Å²) in [5.74, 6) is 0.570. The number of benzene rings is 2. The highest BCUT2D eigenvalue weighted by Gasteiger charge is 2.43. The zero-order valence-electron chi connectivity index (χ0n) is 26.4. The number of carbonyl (C=O) groups excluding carboxylic acids is 3. The van der Waals surface area contributed by atoms with E-state index in [1.807, 2.05) is 18.2 Å². The van der Waals surface area contributed by atoms with Crippen molar-refractivity contribution in [2.24, 2.45) is 11.8 Å². The lowest BCUT2D eigenvalue weighted by Crippen LogP contribution is -2.57. The number of amides is 3. The van der Waals surface area contributed by atoms with Gasteiger partial charge in [0.05, 0.1) is 0 Å². The fraction of sp³-hybridized carbons (Fsp3) is 0.528. The van der Waals surface area contributed by atoms with Gasteiger partial charge in [-0.1, -0.05) is 43.2 Å². The number of nitrogens with one attached hydrogen (secondary N) is 3. The Morgan fingerprint density at radius 2 is 1.72 bits per heavy atom. The van der Waals surface area contributed by atoms with E-state index in [-0.39, 0.29) is 30.5 Å². The highest BCUT2D eigenvalue weighted by Crippen LogP contribution is 2.36. The first-order valence-electron chi connectivity index (χ1n) is 16.8. The van der Waals surface area contributed by atoms with Gasteiger partial charge in [-0.15, -0.1) is 0 Å². The summed E-state index contributed by atoms with van der Waals surface area (Å²) in [6.07, 6.45) is 7.34. The molecule has 1 aliphatic carbocycles. The van der Waals surface area contributed by atoms with Gasteiger partial charge in [-0.2, -0.15) is 0 Å². The van der Waals surface area contributed by atoms with Crippen molar-refractivity contribution < 1.29 is 23.5 Å². The SMILES string of the molecule is O=C(CCNC(=O)C1(NC(=O)c2cc3cc(I)ccc3o2)CCCC1)NCC1CCN(CC2CCOCC2)C(c2ccccc2)C1. The number of furan rings is 1. The number of hydrogen-bond acceptors (Lipinski definition) is 6. The summed E-state index contributed by atoms with van der Waals surface area (Å²) in [7, 11) is 0. The normalized spacial score (nSPS) is 22.0. The van der Waals surface area contributed by atoms with Crippen LogP contribution in [0.3, 0.4) is 0 Å². The number of fused-ring (bicyclic) bond motifs is 1. The highest BCUT2D eigenvalue weighted by molar-refractivity contribution is 14.1. The average molecular weight is 741 g/mol. The van der Waals surface area contributed by atoms with E-state index in [4.69, 9.17) is 9.15 Å². The second kappa shape index (κ2) is 15.3. The van der Waals surface area contributed by atoms with Gasteiger partial charge < -0.3 is 25.1 Å². The fourth-order valence-electron chi connectivity index (χ4n) is 7.37. The molecule has 246 valence electrons. The maximum Gasteiger partial charge on any atom is 0.287 e. The first-order chi connectivity index (χ1) is 22.4. The third kappa shape index (κ3) is 8.12. The molecular formula is C36H45IN4O5. The Bertz CT molecular complexity index is 1500. The molecule has 2 saturated heterocycles. The Morgan fingerprint density at radius 1 is 0.935 bits per heavy atom. The Labute approximate surface area is 284 Å². The van der Waals surface area contributed by atoms with Crippen molar-refractivity contribution in [3.63, 3.8) is 0 Å². The lowest BCUT2D eigenvalue weighted by atomic mass is 9.85. The molecule has 3 amide bonds. The third-order valence-corrected chi connectivity index (χ3v) is 10.7. The predicted octanol–water partition coefficient (Wildman–Crippen LogP) is 5.58. The number of ether oxygens (including phenoxy) is 1. The molecule has 46 heavy (non-hydrogen) atoms. The number of carbonyl (C=O) groups is 3. The number of likely N-dealkylation sites (tertiary alicyclic amines) is 1. The molecule has 0 radical (unpaired) electrons. The van der Waals surface area contributed by atoms with E-state index in [0.717, 1.165) is 73.8 Å². The minimum absolute atomic E-state index is 0.0670. The van der Waals surface area contributed by atoms with E-state index in [2.05, 4.69) is 73.8 Å². The van der Waals surface area contributed by atoms with Crippen molar-refractivity contribution in [2.75, 3.05) is 39.4 Å². The summed E-state index contributed by atoms with van der Waals surface area (Å²) in [4.78, 5) is 42.0. The van der Waals surface area contributed by atoms with Gasteiger partial charge in [0.1, 0.15) is 11.1 Å². The van der Waals surface area contributed by atoms with E-state index in [0.29, 0.717) is 42.8 Å². The van der Waals surface area contributed by atoms with Gasteiger partial charge in [-0.3, -0.25) is 19.3 Å².